The maximum atomic E-state index is 4.45. The van der Waals surface area contributed by atoms with E-state index in [1.165, 1.54) is 28.8 Å². The summed E-state index contributed by atoms with van der Waals surface area (Å²) in [6, 6.07) is 9.32. The fourth-order valence-corrected chi connectivity index (χ4v) is 3.15. The minimum absolute atomic E-state index is 0.512. The Hall–Kier alpha value is -1.61. The summed E-state index contributed by atoms with van der Waals surface area (Å²) in [7, 11) is 2.05. The second-order valence-corrected chi connectivity index (χ2v) is 5.19. The van der Waals surface area contributed by atoms with E-state index in [1.54, 1.807) is 0 Å². The molecular weight excluding hydrogens is 234 g/mol. The van der Waals surface area contributed by atoms with E-state index in [0.29, 0.717) is 6.04 Å². The van der Waals surface area contributed by atoms with Gasteiger partial charge in [0.25, 0.3) is 0 Å². The van der Waals surface area contributed by atoms with Crippen molar-refractivity contribution in [2.45, 2.75) is 38.8 Å². The van der Waals surface area contributed by atoms with Gasteiger partial charge >= 0.3 is 0 Å². The zero-order chi connectivity index (χ0) is 13.2. The molecule has 0 aliphatic heterocycles. The number of benzene rings is 1. The molecule has 1 N–H and O–H groups in total. The maximum absolute atomic E-state index is 4.45. The lowest BCUT2D eigenvalue weighted by Crippen LogP contribution is -2.12. The first-order valence-corrected chi connectivity index (χ1v) is 7.16. The second kappa shape index (κ2) is 5.17. The molecule has 0 saturated heterocycles. The Labute approximate surface area is 114 Å². The molecule has 1 atom stereocenters. The van der Waals surface area contributed by atoms with Crippen molar-refractivity contribution in [3.05, 3.63) is 41.6 Å². The number of nitrogens with zero attached hydrogens (tertiary/aromatic N) is 2. The molecule has 1 aliphatic carbocycles. The zero-order valence-corrected chi connectivity index (χ0v) is 11.7. The molecule has 3 heteroatoms. The van der Waals surface area contributed by atoms with Crippen LogP contribution in [0.25, 0.3) is 11.3 Å². The number of rotatable bonds is 4. The Morgan fingerprint density at radius 1 is 1.37 bits per heavy atom. The van der Waals surface area contributed by atoms with Crippen molar-refractivity contribution in [2.24, 2.45) is 0 Å². The number of nitrogens with one attached hydrogen (secondary N) is 1. The molecule has 0 fully saturated rings. The van der Waals surface area contributed by atoms with E-state index in [-0.39, 0.29) is 0 Å². The van der Waals surface area contributed by atoms with Gasteiger partial charge in [0.05, 0.1) is 5.69 Å². The number of aromatic nitrogens is 2. The lowest BCUT2D eigenvalue weighted by Gasteiger charge is -2.13. The van der Waals surface area contributed by atoms with Crippen LogP contribution in [0.3, 0.4) is 0 Å². The third-order valence-corrected chi connectivity index (χ3v) is 4.05. The zero-order valence-electron chi connectivity index (χ0n) is 11.7. The van der Waals surface area contributed by atoms with E-state index in [9.17, 15) is 0 Å². The summed E-state index contributed by atoms with van der Waals surface area (Å²) in [5, 5.41) is 7.86. The predicted molar refractivity (Wildman–Crippen MR) is 78.1 cm³/mol. The van der Waals surface area contributed by atoms with Crippen LogP contribution in [0.15, 0.2) is 30.5 Å². The van der Waals surface area contributed by atoms with Crippen molar-refractivity contribution >= 4 is 0 Å². The maximum Gasteiger partial charge on any atom is 0.0685 e. The van der Waals surface area contributed by atoms with Crippen molar-refractivity contribution in [1.82, 2.24) is 15.1 Å². The van der Waals surface area contributed by atoms with Gasteiger partial charge in [0, 0.05) is 24.3 Å². The number of hydrogen-bond donors (Lipinski definition) is 1. The third-order valence-electron chi connectivity index (χ3n) is 4.05. The van der Waals surface area contributed by atoms with Crippen molar-refractivity contribution in [3.8, 4) is 11.3 Å². The summed E-state index contributed by atoms with van der Waals surface area (Å²) in [6.45, 7) is 3.18. The van der Waals surface area contributed by atoms with Crippen LogP contribution in [0.5, 0.6) is 0 Å². The summed E-state index contributed by atoms with van der Waals surface area (Å²) >= 11 is 0. The SMILES string of the molecule is CCCn1nccc1-c1cccc2c1CCC2NC. The Kier molecular flexibility index (Phi) is 3.38. The van der Waals surface area contributed by atoms with Crippen molar-refractivity contribution in [1.29, 1.82) is 0 Å². The van der Waals surface area contributed by atoms with Gasteiger partial charge < -0.3 is 5.32 Å². The summed E-state index contributed by atoms with van der Waals surface area (Å²) in [5.74, 6) is 0. The van der Waals surface area contributed by atoms with Gasteiger partial charge in [-0.05, 0) is 43.5 Å². The fraction of sp³-hybridized carbons (Fsp3) is 0.438. The van der Waals surface area contributed by atoms with E-state index in [0.717, 1.165) is 19.4 Å². The molecule has 0 amide bonds. The van der Waals surface area contributed by atoms with Gasteiger partial charge in [-0.2, -0.15) is 5.10 Å². The first-order valence-electron chi connectivity index (χ1n) is 7.16. The molecule has 1 aliphatic rings. The molecule has 3 nitrogen and oxygen atoms in total. The van der Waals surface area contributed by atoms with E-state index < -0.39 is 0 Å². The molecule has 1 aromatic heterocycles. The second-order valence-electron chi connectivity index (χ2n) is 5.19. The summed E-state index contributed by atoms with van der Waals surface area (Å²) in [6.07, 6.45) is 5.39. The van der Waals surface area contributed by atoms with Crippen LogP contribution in [-0.2, 0) is 13.0 Å². The fourth-order valence-electron chi connectivity index (χ4n) is 3.15. The average Bonchev–Trinajstić information content (AvgIpc) is 3.04. The molecule has 1 aromatic carbocycles. The Morgan fingerprint density at radius 2 is 2.26 bits per heavy atom. The first kappa shape index (κ1) is 12.4. The summed E-state index contributed by atoms with van der Waals surface area (Å²) in [4.78, 5) is 0. The molecule has 0 saturated carbocycles. The van der Waals surface area contributed by atoms with Gasteiger partial charge in [-0.1, -0.05) is 25.1 Å². The van der Waals surface area contributed by atoms with Gasteiger partial charge in [-0.3, -0.25) is 4.68 Å². The standard InChI is InChI=1S/C16H21N3/c1-3-11-19-16(9-10-18-19)14-6-4-5-13-12(14)7-8-15(13)17-2/h4-6,9-10,15,17H,3,7-8,11H2,1-2H3. The lowest BCUT2D eigenvalue weighted by atomic mass is 10.00. The van der Waals surface area contributed by atoms with Crippen LogP contribution < -0.4 is 5.32 Å². The molecule has 3 rings (SSSR count). The smallest absolute Gasteiger partial charge is 0.0685 e. The van der Waals surface area contributed by atoms with Crippen LogP contribution in [0, 0.1) is 0 Å². The highest BCUT2D eigenvalue weighted by Gasteiger charge is 2.24. The minimum Gasteiger partial charge on any atom is -0.313 e. The Morgan fingerprint density at radius 3 is 3.05 bits per heavy atom. The van der Waals surface area contributed by atoms with E-state index in [4.69, 9.17) is 0 Å². The Balaban J connectivity index is 2.07. The van der Waals surface area contributed by atoms with Crippen LogP contribution in [0.2, 0.25) is 0 Å². The summed E-state index contributed by atoms with van der Waals surface area (Å²) in [5.41, 5.74) is 5.58. The molecular formula is C16H21N3. The summed E-state index contributed by atoms with van der Waals surface area (Å²) < 4.78 is 2.13. The van der Waals surface area contributed by atoms with Crippen LogP contribution in [-0.4, -0.2) is 16.8 Å². The monoisotopic (exact) mass is 255 g/mol. The quantitative estimate of drug-likeness (QED) is 0.909. The third kappa shape index (κ3) is 2.08. The van der Waals surface area contributed by atoms with Crippen molar-refractivity contribution in [2.75, 3.05) is 7.05 Å². The average molecular weight is 255 g/mol. The van der Waals surface area contributed by atoms with Crippen molar-refractivity contribution < 1.29 is 0 Å². The molecule has 0 spiro atoms. The minimum atomic E-state index is 0.512. The number of fused-ring (bicyclic) bond motifs is 1. The predicted octanol–water partition coefficient (Wildman–Crippen LogP) is 3.17. The molecule has 1 heterocycles. The number of aryl methyl sites for hydroxylation is 1. The van der Waals surface area contributed by atoms with E-state index in [1.807, 2.05) is 13.2 Å². The molecule has 2 aromatic rings. The van der Waals surface area contributed by atoms with Gasteiger partial charge in [0.15, 0.2) is 0 Å². The highest BCUT2D eigenvalue weighted by Crippen LogP contribution is 2.37. The highest BCUT2D eigenvalue weighted by atomic mass is 15.3. The molecule has 19 heavy (non-hydrogen) atoms. The lowest BCUT2D eigenvalue weighted by molar-refractivity contribution is 0.590. The molecule has 0 bridgehead atoms. The topological polar surface area (TPSA) is 29.9 Å². The normalized spacial score (nSPS) is 17.7. The largest absolute Gasteiger partial charge is 0.313 e. The molecule has 0 radical (unpaired) electrons. The van der Waals surface area contributed by atoms with Gasteiger partial charge in [-0.25, -0.2) is 0 Å². The van der Waals surface area contributed by atoms with Crippen LogP contribution >= 0.6 is 0 Å². The highest BCUT2D eigenvalue weighted by molar-refractivity contribution is 5.67. The Bertz CT molecular complexity index is 571. The van der Waals surface area contributed by atoms with Gasteiger partial charge in [0.2, 0.25) is 0 Å². The number of hydrogen-bond acceptors (Lipinski definition) is 2. The van der Waals surface area contributed by atoms with Gasteiger partial charge in [-0.15, -0.1) is 0 Å². The molecule has 100 valence electrons. The van der Waals surface area contributed by atoms with E-state index in [2.05, 4.69) is 46.3 Å². The van der Waals surface area contributed by atoms with Gasteiger partial charge in [0.1, 0.15) is 0 Å². The van der Waals surface area contributed by atoms with Crippen LogP contribution in [0.4, 0.5) is 0 Å². The van der Waals surface area contributed by atoms with Crippen molar-refractivity contribution in [3.63, 3.8) is 0 Å². The van der Waals surface area contributed by atoms with E-state index >= 15 is 0 Å². The first-order chi connectivity index (χ1) is 9.35. The van der Waals surface area contributed by atoms with Crippen LogP contribution in [0.1, 0.15) is 36.9 Å². The molecule has 1 unspecified atom stereocenters.